The van der Waals surface area contributed by atoms with E-state index in [2.05, 4.69) is 0 Å². The Morgan fingerprint density at radius 2 is 2.29 bits per heavy atom. The van der Waals surface area contributed by atoms with Crippen LogP contribution in [0.15, 0.2) is 23.1 Å². The molecule has 0 saturated heterocycles. The van der Waals surface area contributed by atoms with Gasteiger partial charge in [-0.3, -0.25) is 4.79 Å². The summed E-state index contributed by atoms with van der Waals surface area (Å²) in [5, 5.41) is 8.48. The number of carboxylic acid groups (broad SMARTS) is 1. The fourth-order valence-corrected chi connectivity index (χ4v) is 2.04. The van der Waals surface area contributed by atoms with Gasteiger partial charge in [-0.25, -0.2) is 0 Å². The first-order valence-electron chi connectivity index (χ1n) is 4.31. The van der Waals surface area contributed by atoms with Crippen LogP contribution in [0.25, 0.3) is 0 Å². The maximum absolute atomic E-state index is 10.3. The molecule has 0 heterocycles. The van der Waals surface area contributed by atoms with E-state index in [1.807, 2.05) is 25.1 Å². The van der Waals surface area contributed by atoms with Gasteiger partial charge < -0.3 is 10.8 Å². The van der Waals surface area contributed by atoms with Crippen LogP contribution in [-0.2, 0) is 4.79 Å². The van der Waals surface area contributed by atoms with Gasteiger partial charge in [0.1, 0.15) is 0 Å². The standard InChI is InChI=1S/C10H13NO2S/c1-7-8(11)3-2-4-9(7)14-6-5-10(12)13/h2-4H,5-6,11H2,1H3,(H,12,13). The van der Waals surface area contributed by atoms with E-state index in [0.29, 0.717) is 5.75 Å². The summed E-state index contributed by atoms with van der Waals surface area (Å²) in [6.07, 6.45) is 0.179. The van der Waals surface area contributed by atoms with Crippen molar-refractivity contribution >= 4 is 23.4 Å². The molecule has 14 heavy (non-hydrogen) atoms. The molecule has 0 saturated carbocycles. The highest BCUT2D eigenvalue weighted by molar-refractivity contribution is 7.99. The number of nitrogens with two attached hydrogens (primary N) is 1. The summed E-state index contributed by atoms with van der Waals surface area (Å²) >= 11 is 1.53. The van der Waals surface area contributed by atoms with E-state index in [1.165, 1.54) is 11.8 Å². The minimum absolute atomic E-state index is 0.179. The van der Waals surface area contributed by atoms with Crippen LogP contribution >= 0.6 is 11.8 Å². The normalized spacial score (nSPS) is 10.1. The average Bonchev–Trinajstić information content (AvgIpc) is 2.12. The van der Waals surface area contributed by atoms with Crippen molar-refractivity contribution in [2.45, 2.75) is 18.2 Å². The van der Waals surface area contributed by atoms with Crippen LogP contribution in [0.2, 0.25) is 0 Å². The number of anilines is 1. The Morgan fingerprint density at radius 3 is 2.93 bits per heavy atom. The summed E-state index contributed by atoms with van der Waals surface area (Å²) in [6, 6.07) is 5.68. The average molecular weight is 211 g/mol. The summed E-state index contributed by atoms with van der Waals surface area (Å²) < 4.78 is 0. The predicted molar refractivity (Wildman–Crippen MR) is 58.6 cm³/mol. The number of benzene rings is 1. The fourth-order valence-electron chi connectivity index (χ4n) is 1.04. The summed E-state index contributed by atoms with van der Waals surface area (Å²) in [6.45, 7) is 1.94. The third-order valence-electron chi connectivity index (χ3n) is 1.90. The fraction of sp³-hybridized carbons (Fsp3) is 0.300. The van der Waals surface area contributed by atoms with Crippen molar-refractivity contribution < 1.29 is 9.90 Å². The molecule has 0 amide bonds. The van der Waals surface area contributed by atoms with Gasteiger partial charge in [0.15, 0.2) is 0 Å². The lowest BCUT2D eigenvalue weighted by molar-refractivity contribution is -0.136. The second-order valence-corrected chi connectivity index (χ2v) is 4.10. The third kappa shape index (κ3) is 2.96. The number of hydrogen-bond donors (Lipinski definition) is 2. The Labute approximate surface area is 87.3 Å². The molecular formula is C10H13NO2S. The molecule has 0 atom stereocenters. The molecule has 3 N–H and O–H groups in total. The summed E-state index contributed by atoms with van der Waals surface area (Å²) in [5.41, 5.74) is 7.51. The lowest BCUT2D eigenvalue weighted by Gasteiger charge is -2.06. The molecule has 3 nitrogen and oxygen atoms in total. The Balaban J connectivity index is 2.59. The molecule has 0 aliphatic heterocycles. The summed E-state index contributed by atoms with van der Waals surface area (Å²) in [5.74, 6) is -0.182. The second kappa shape index (κ2) is 4.91. The van der Waals surface area contributed by atoms with Crippen LogP contribution in [0.1, 0.15) is 12.0 Å². The SMILES string of the molecule is Cc1c(N)cccc1SCCC(=O)O. The molecule has 0 aromatic heterocycles. The van der Waals surface area contributed by atoms with Crippen molar-refractivity contribution in [3.05, 3.63) is 23.8 Å². The molecule has 0 aliphatic rings. The first-order chi connectivity index (χ1) is 6.61. The zero-order valence-electron chi connectivity index (χ0n) is 7.99. The van der Waals surface area contributed by atoms with Gasteiger partial charge in [0.25, 0.3) is 0 Å². The van der Waals surface area contributed by atoms with E-state index in [4.69, 9.17) is 10.8 Å². The lowest BCUT2D eigenvalue weighted by atomic mass is 10.2. The first kappa shape index (κ1) is 10.9. The van der Waals surface area contributed by atoms with E-state index >= 15 is 0 Å². The maximum Gasteiger partial charge on any atom is 0.304 e. The number of carbonyl (C=O) groups is 1. The van der Waals surface area contributed by atoms with E-state index in [9.17, 15) is 4.79 Å². The minimum Gasteiger partial charge on any atom is -0.481 e. The molecule has 1 rings (SSSR count). The van der Waals surface area contributed by atoms with Gasteiger partial charge in [0.05, 0.1) is 6.42 Å². The van der Waals surface area contributed by atoms with Crippen molar-refractivity contribution in [3.63, 3.8) is 0 Å². The number of thioether (sulfide) groups is 1. The van der Waals surface area contributed by atoms with Crippen molar-refractivity contribution in [1.82, 2.24) is 0 Å². The molecule has 1 aromatic rings. The highest BCUT2D eigenvalue weighted by Gasteiger charge is 2.03. The number of carboxylic acids is 1. The highest BCUT2D eigenvalue weighted by atomic mass is 32.2. The highest BCUT2D eigenvalue weighted by Crippen LogP contribution is 2.26. The Kier molecular flexibility index (Phi) is 3.83. The molecular weight excluding hydrogens is 198 g/mol. The molecule has 1 aromatic carbocycles. The van der Waals surface area contributed by atoms with Crippen LogP contribution < -0.4 is 5.73 Å². The van der Waals surface area contributed by atoms with Gasteiger partial charge in [0.2, 0.25) is 0 Å². The third-order valence-corrected chi connectivity index (χ3v) is 3.06. The van der Waals surface area contributed by atoms with Gasteiger partial charge >= 0.3 is 5.97 Å². The Hall–Kier alpha value is -1.16. The van der Waals surface area contributed by atoms with Crippen LogP contribution in [-0.4, -0.2) is 16.8 Å². The smallest absolute Gasteiger partial charge is 0.304 e. The monoisotopic (exact) mass is 211 g/mol. The van der Waals surface area contributed by atoms with E-state index < -0.39 is 5.97 Å². The zero-order chi connectivity index (χ0) is 10.6. The molecule has 0 unspecified atom stereocenters. The molecule has 0 radical (unpaired) electrons. The lowest BCUT2D eigenvalue weighted by Crippen LogP contribution is -1.97. The van der Waals surface area contributed by atoms with Gasteiger partial charge in [0, 0.05) is 16.3 Å². The van der Waals surface area contributed by atoms with E-state index in [1.54, 1.807) is 0 Å². The summed E-state index contributed by atoms with van der Waals surface area (Å²) in [7, 11) is 0. The quantitative estimate of drug-likeness (QED) is 0.591. The van der Waals surface area contributed by atoms with Crippen LogP contribution in [0.5, 0.6) is 0 Å². The molecule has 4 heteroatoms. The summed E-state index contributed by atoms with van der Waals surface area (Å²) in [4.78, 5) is 11.4. The number of hydrogen-bond acceptors (Lipinski definition) is 3. The zero-order valence-corrected chi connectivity index (χ0v) is 8.80. The van der Waals surface area contributed by atoms with E-state index in [0.717, 1.165) is 16.1 Å². The van der Waals surface area contributed by atoms with Crippen molar-refractivity contribution in [3.8, 4) is 0 Å². The van der Waals surface area contributed by atoms with Crippen LogP contribution in [0.4, 0.5) is 5.69 Å². The van der Waals surface area contributed by atoms with Crippen LogP contribution in [0.3, 0.4) is 0 Å². The Morgan fingerprint density at radius 1 is 1.57 bits per heavy atom. The first-order valence-corrected chi connectivity index (χ1v) is 5.29. The van der Waals surface area contributed by atoms with E-state index in [-0.39, 0.29) is 6.42 Å². The largest absolute Gasteiger partial charge is 0.481 e. The number of nitrogen functional groups attached to an aromatic ring is 1. The molecule has 0 fully saturated rings. The van der Waals surface area contributed by atoms with Gasteiger partial charge in [-0.2, -0.15) is 0 Å². The predicted octanol–water partition coefficient (Wildman–Crippen LogP) is 2.14. The number of aliphatic carboxylic acids is 1. The van der Waals surface area contributed by atoms with Crippen molar-refractivity contribution in [2.75, 3.05) is 11.5 Å². The molecule has 0 bridgehead atoms. The minimum atomic E-state index is -0.765. The topological polar surface area (TPSA) is 63.3 Å². The van der Waals surface area contributed by atoms with Crippen molar-refractivity contribution in [2.24, 2.45) is 0 Å². The molecule has 0 spiro atoms. The Bertz CT molecular complexity index is 339. The van der Waals surface area contributed by atoms with Crippen LogP contribution in [0, 0.1) is 6.92 Å². The molecule has 76 valence electrons. The molecule has 0 aliphatic carbocycles. The number of rotatable bonds is 4. The van der Waals surface area contributed by atoms with Crippen molar-refractivity contribution in [1.29, 1.82) is 0 Å². The second-order valence-electron chi connectivity index (χ2n) is 2.96. The van der Waals surface area contributed by atoms with Gasteiger partial charge in [-0.1, -0.05) is 6.07 Å². The van der Waals surface area contributed by atoms with Gasteiger partial charge in [-0.05, 0) is 24.6 Å². The van der Waals surface area contributed by atoms with Gasteiger partial charge in [-0.15, -0.1) is 11.8 Å². The maximum atomic E-state index is 10.3.